The Morgan fingerprint density at radius 2 is 1.94 bits per heavy atom. The zero-order chi connectivity index (χ0) is 13.1. The second kappa shape index (κ2) is 5.68. The Hall–Kier alpha value is -1.12. The molecule has 96 valence electrons. The molecule has 1 nitrogen and oxygen atoms in total. The molecule has 0 saturated heterocycles. The molecule has 2 aromatic rings. The van der Waals surface area contributed by atoms with Gasteiger partial charge in [0.1, 0.15) is 0 Å². The fourth-order valence-electron chi connectivity index (χ4n) is 2.09. The normalized spacial score (nSPS) is 12.7. The predicted molar refractivity (Wildman–Crippen MR) is 78.3 cm³/mol. The fraction of sp³-hybridized carbons (Fsp3) is 0.375. The third-order valence-electron chi connectivity index (χ3n) is 3.28. The summed E-state index contributed by atoms with van der Waals surface area (Å²) in [6, 6.07) is 10.6. The highest BCUT2D eigenvalue weighted by molar-refractivity contribution is 7.12. The minimum absolute atomic E-state index is 0.379. The molecule has 0 aliphatic carbocycles. The first-order chi connectivity index (χ1) is 8.60. The lowest BCUT2D eigenvalue weighted by atomic mass is 9.99. The van der Waals surface area contributed by atoms with Gasteiger partial charge in [0.05, 0.1) is 6.10 Å². The van der Waals surface area contributed by atoms with Crippen LogP contribution >= 0.6 is 11.3 Å². The van der Waals surface area contributed by atoms with E-state index in [0.29, 0.717) is 6.42 Å². The van der Waals surface area contributed by atoms with Crippen molar-refractivity contribution in [2.75, 3.05) is 0 Å². The number of aliphatic hydroxyl groups excluding tert-OH is 1. The highest BCUT2D eigenvalue weighted by Gasteiger charge is 2.12. The molecule has 1 N–H and O–H groups in total. The predicted octanol–water partition coefficient (Wildman–Crippen LogP) is 4.20. The van der Waals surface area contributed by atoms with E-state index >= 15 is 0 Å². The summed E-state index contributed by atoms with van der Waals surface area (Å²) in [5.74, 6) is 0. The second-order valence-corrected chi connectivity index (χ2v) is 6.01. The minimum atomic E-state index is -0.379. The SMILES string of the molecule is CCc1ccc(C(O)Cc2cc(C)ccc2C)s1. The van der Waals surface area contributed by atoms with Gasteiger partial charge in [-0.05, 0) is 43.5 Å². The maximum atomic E-state index is 10.3. The molecular weight excluding hydrogens is 240 g/mol. The molecule has 0 saturated carbocycles. The number of hydrogen-bond donors (Lipinski definition) is 1. The van der Waals surface area contributed by atoms with E-state index in [1.807, 2.05) is 0 Å². The summed E-state index contributed by atoms with van der Waals surface area (Å²) >= 11 is 1.72. The van der Waals surface area contributed by atoms with Crippen molar-refractivity contribution in [2.24, 2.45) is 0 Å². The lowest BCUT2D eigenvalue weighted by Crippen LogP contribution is -2.01. The third kappa shape index (κ3) is 3.01. The van der Waals surface area contributed by atoms with Gasteiger partial charge in [-0.3, -0.25) is 0 Å². The molecule has 0 aliphatic heterocycles. The number of benzene rings is 1. The molecule has 0 amide bonds. The van der Waals surface area contributed by atoms with E-state index in [4.69, 9.17) is 0 Å². The molecule has 1 unspecified atom stereocenters. The van der Waals surface area contributed by atoms with Gasteiger partial charge in [-0.25, -0.2) is 0 Å². The van der Waals surface area contributed by atoms with Gasteiger partial charge in [-0.2, -0.15) is 0 Å². The molecule has 0 fully saturated rings. The summed E-state index contributed by atoms with van der Waals surface area (Å²) in [6.45, 7) is 6.34. The first-order valence-electron chi connectivity index (χ1n) is 6.43. The maximum absolute atomic E-state index is 10.3. The van der Waals surface area contributed by atoms with Crippen LogP contribution in [0.4, 0.5) is 0 Å². The third-order valence-corrected chi connectivity index (χ3v) is 4.61. The average molecular weight is 260 g/mol. The molecule has 1 atom stereocenters. The van der Waals surface area contributed by atoms with Crippen LogP contribution in [-0.2, 0) is 12.8 Å². The minimum Gasteiger partial charge on any atom is -0.387 e. The van der Waals surface area contributed by atoms with Crippen LogP contribution in [0, 0.1) is 13.8 Å². The van der Waals surface area contributed by atoms with Gasteiger partial charge in [0.2, 0.25) is 0 Å². The van der Waals surface area contributed by atoms with Crippen molar-refractivity contribution in [3.63, 3.8) is 0 Å². The molecule has 0 radical (unpaired) electrons. The monoisotopic (exact) mass is 260 g/mol. The van der Waals surface area contributed by atoms with Crippen LogP contribution in [0.15, 0.2) is 30.3 Å². The lowest BCUT2D eigenvalue weighted by Gasteiger charge is -2.11. The number of hydrogen-bond acceptors (Lipinski definition) is 2. The van der Waals surface area contributed by atoms with Crippen molar-refractivity contribution < 1.29 is 5.11 Å². The molecule has 18 heavy (non-hydrogen) atoms. The molecule has 2 rings (SSSR count). The summed E-state index contributed by atoms with van der Waals surface area (Å²) in [5.41, 5.74) is 3.75. The zero-order valence-corrected chi connectivity index (χ0v) is 12.1. The topological polar surface area (TPSA) is 20.2 Å². The van der Waals surface area contributed by atoms with Gasteiger partial charge < -0.3 is 5.11 Å². The molecule has 1 aromatic carbocycles. The van der Waals surface area contributed by atoms with Crippen LogP contribution < -0.4 is 0 Å². The number of aryl methyl sites for hydroxylation is 3. The summed E-state index contributed by atoms with van der Waals surface area (Å²) in [4.78, 5) is 2.41. The van der Waals surface area contributed by atoms with Crippen molar-refractivity contribution in [1.29, 1.82) is 0 Å². The first-order valence-corrected chi connectivity index (χ1v) is 7.24. The molecule has 1 aromatic heterocycles. The standard InChI is InChI=1S/C16H20OS/c1-4-14-7-8-16(18-14)15(17)10-13-9-11(2)5-6-12(13)3/h5-9,15,17H,4,10H2,1-3H3. The van der Waals surface area contributed by atoms with E-state index in [9.17, 15) is 5.11 Å². The Morgan fingerprint density at radius 3 is 2.61 bits per heavy atom. The van der Waals surface area contributed by atoms with Crippen LogP contribution in [0.2, 0.25) is 0 Å². The number of rotatable bonds is 4. The Bertz CT molecular complexity index is 528. The maximum Gasteiger partial charge on any atom is 0.0922 e. The molecule has 2 heteroatoms. The number of aliphatic hydroxyl groups is 1. The quantitative estimate of drug-likeness (QED) is 0.873. The average Bonchev–Trinajstić information content (AvgIpc) is 2.82. The van der Waals surface area contributed by atoms with Crippen molar-refractivity contribution in [3.8, 4) is 0 Å². The van der Waals surface area contributed by atoms with Gasteiger partial charge in [-0.15, -0.1) is 11.3 Å². The Morgan fingerprint density at radius 1 is 1.17 bits per heavy atom. The van der Waals surface area contributed by atoms with Crippen LogP contribution in [0.5, 0.6) is 0 Å². The van der Waals surface area contributed by atoms with Crippen molar-refractivity contribution in [2.45, 2.75) is 39.7 Å². The Balaban J connectivity index is 2.15. The Labute approximate surface area is 113 Å². The van der Waals surface area contributed by atoms with Crippen molar-refractivity contribution in [3.05, 3.63) is 56.8 Å². The van der Waals surface area contributed by atoms with Crippen LogP contribution in [0.1, 0.15) is 39.5 Å². The van der Waals surface area contributed by atoms with E-state index in [1.54, 1.807) is 11.3 Å². The fourth-order valence-corrected chi connectivity index (χ4v) is 3.03. The van der Waals surface area contributed by atoms with Gasteiger partial charge >= 0.3 is 0 Å². The van der Waals surface area contributed by atoms with E-state index in [1.165, 1.54) is 21.6 Å². The summed E-state index contributed by atoms with van der Waals surface area (Å²) in [7, 11) is 0. The summed E-state index contributed by atoms with van der Waals surface area (Å²) < 4.78 is 0. The van der Waals surface area contributed by atoms with Crippen molar-refractivity contribution in [1.82, 2.24) is 0 Å². The van der Waals surface area contributed by atoms with E-state index in [0.717, 1.165) is 11.3 Å². The highest BCUT2D eigenvalue weighted by atomic mass is 32.1. The summed E-state index contributed by atoms with van der Waals surface area (Å²) in [6.07, 6.45) is 1.37. The van der Waals surface area contributed by atoms with Crippen LogP contribution in [0.3, 0.4) is 0 Å². The largest absolute Gasteiger partial charge is 0.387 e. The molecule has 1 heterocycles. The van der Waals surface area contributed by atoms with Crippen LogP contribution in [0.25, 0.3) is 0 Å². The van der Waals surface area contributed by atoms with Crippen LogP contribution in [-0.4, -0.2) is 5.11 Å². The van der Waals surface area contributed by atoms with Crippen molar-refractivity contribution >= 4 is 11.3 Å². The smallest absolute Gasteiger partial charge is 0.0922 e. The van der Waals surface area contributed by atoms with Gasteiger partial charge in [0.25, 0.3) is 0 Å². The van der Waals surface area contributed by atoms with Gasteiger partial charge in [0.15, 0.2) is 0 Å². The molecule has 0 bridgehead atoms. The molecule has 0 spiro atoms. The van der Waals surface area contributed by atoms with E-state index in [-0.39, 0.29) is 6.10 Å². The summed E-state index contributed by atoms with van der Waals surface area (Å²) in [5, 5.41) is 10.3. The molecular formula is C16H20OS. The van der Waals surface area contributed by atoms with Gasteiger partial charge in [-0.1, -0.05) is 30.7 Å². The highest BCUT2D eigenvalue weighted by Crippen LogP contribution is 2.27. The van der Waals surface area contributed by atoms with E-state index in [2.05, 4.69) is 51.1 Å². The zero-order valence-electron chi connectivity index (χ0n) is 11.2. The van der Waals surface area contributed by atoms with E-state index < -0.39 is 0 Å². The molecule has 0 aliphatic rings. The van der Waals surface area contributed by atoms with Gasteiger partial charge in [0, 0.05) is 16.2 Å². The second-order valence-electron chi connectivity index (χ2n) is 4.81. The lowest BCUT2D eigenvalue weighted by molar-refractivity contribution is 0.182. The number of thiophene rings is 1. The first kappa shape index (κ1) is 13.3. The Kier molecular flexibility index (Phi) is 4.20.